The van der Waals surface area contributed by atoms with Crippen LogP contribution in [0.1, 0.15) is 103 Å². The van der Waals surface area contributed by atoms with Gasteiger partial charge >= 0.3 is 5.97 Å². The van der Waals surface area contributed by atoms with Crippen LogP contribution in [0.15, 0.2) is 0 Å². The predicted octanol–water partition coefficient (Wildman–Crippen LogP) is 3.57. The van der Waals surface area contributed by atoms with Crippen molar-refractivity contribution in [3.8, 4) is 0 Å². The van der Waals surface area contributed by atoms with Crippen LogP contribution in [0, 0.1) is 0 Å². The minimum Gasteiger partial charge on any atom is -1.00 e. The van der Waals surface area contributed by atoms with Crippen molar-refractivity contribution in [2.24, 2.45) is 0 Å². The average molecular weight is 447 g/mol. The lowest BCUT2D eigenvalue weighted by atomic mass is 9.99. The fourth-order valence-corrected chi connectivity index (χ4v) is 13.5. The summed E-state index contributed by atoms with van der Waals surface area (Å²) in [5.41, 5.74) is 2.66. The van der Waals surface area contributed by atoms with E-state index in [9.17, 15) is 4.79 Å². The molecule has 3 aliphatic rings. The molecule has 0 aromatic heterocycles. The van der Waals surface area contributed by atoms with E-state index >= 15 is 0 Å². The number of ether oxygens (including phenoxy) is 1. The van der Waals surface area contributed by atoms with E-state index in [-0.39, 0.29) is 23.0 Å². The molecule has 0 atom stereocenters. The number of rotatable bonds is 6. The molecule has 0 spiro atoms. The first kappa shape index (κ1) is 22.7. The van der Waals surface area contributed by atoms with Crippen LogP contribution in [0.3, 0.4) is 0 Å². The third-order valence-electron chi connectivity index (χ3n) is 7.47. The van der Waals surface area contributed by atoms with Crippen LogP contribution >= 0.6 is 7.26 Å². The first-order valence-electron chi connectivity index (χ1n) is 11.3. The van der Waals surface area contributed by atoms with Gasteiger partial charge in [-0.2, -0.15) is 0 Å². The molecule has 26 heavy (non-hydrogen) atoms. The van der Waals surface area contributed by atoms with Crippen molar-refractivity contribution >= 4 is 13.2 Å². The van der Waals surface area contributed by atoms with Crippen LogP contribution in [-0.2, 0) is 9.53 Å². The number of halogens is 1. The predicted molar refractivity (Wildman–Crippen MR) is 109 cm³/mol. The van der Waals surface area contributed by atoms with Gasteiger partial charge in [0.1, 0.15) is 0 Å². The Morgan fingerprint density at radius 2 is 1.08 bits per heavy atom. The Hall–Kier alpha value is 0.380. The molecule has 0 saturated heterocycles. The zero-order chi connectivity index (χ0) is 17.5. The monoisotopic (exact) mass is 446 g/mol. The minimum atomic E-state index is -1.28. The molecule has 3 saturated carbocycles. The van der Waals surface area contributed by atoms with Crippen molar-refractivity contribution in [1.82, 2.24) is 0 Å². The summed E-state index contributed by atoms with van der Waals surface area (Å²) in [6, 6.07) is 0. The fraction of sp³-hybridized carbons (Fsp3) is 0.955. The van der Waals surface area contributed by atoms with Gasteiger partial charge in [0.2, 0.25) is 0 Å². The van der Waals surface area contributed by atoms with Crippen molar-refractivity contribution in [1.29, 1.82) is 0 Å². The van der Waals surface area contributed by atoms with Crippen LogP contribution in [0.2, 0.25) is 0 Å². The van der Waals surface area contributed by atoms with Crippen LogP contribution in [0.25, 0.3) is 0 Å². The molecule has 0 heterocycles. The molecule has 0 radical (unpaired) electrons. The summed E-state index contributed by atoms with van der Waals surface area (Å²) in [4.78, 5) is 12.8. The molecule has 0 N–H and O–H groups in total. The summed E-state index contributed by atoms with van der Waals surface area (Å²) < 4.78 is 5.56. The number of hydrogen-bond donors (Lipinski definition) is 0. The molecule has 0 unspecified atom stereocenters. The lowest BCUT2D eigenvalue weighted by Gasteiger charge is -2.48. The molecule has 0 aromatic carbocycles. The molecular weight excluding hydrogens is 407 g/mol. The molecular formula is C22H40BrO2P. The number of carbonyl (C=O) groups is 1. The standard InChI is InChI=1S/C22H40O2P.BrH/c1-2-24-22(23)18-25(19-12-6-3-7-13-19,20-14-8-4-9-15-20)21-16-10-5-11-17-21;/h19-21H,2-18H2,1H3;1H/q+1;/p-1. The van der Waals surface area contributed by atoms with Crippen molar-refractivity contribution < 1.29 is 26.5 Å². The largest absolute Gasteiger partial charge is 1.00 e. The van der Waals surface area contributed by atoms with E-state index < -0.39 is 7.26 Å². The Morgan fingerprint density at radius 3 is 1.38 bits per heavy atom. The van der Waals surface area contributed by atoms with Gasteiger partial charge in [-0.05, 0) is 84.0 Å². The van der Waals surface area contributed by atoms with E-state index in [1.165, 1.54) is 96.3 Å². The van der Waals surface area contributed by atoms with E-state index in [1.807, 2.05) is 6.92 Å². The Morgan fingerprint density at radius 1 is 0.731 bits per heavy atom. The summed E-state index contributed by atoms with van der Waals surface area (Å²) in [6.45, 7) is 2.53. The van der Waals surface area contributed by atoms with Gasteiger partial charge in [-0.15, -0.1) is 0 Å². The summed E-state index contributed by atoms with van der Waals surface area (Å²) in [5, 5.41) is 0. The molecule has 0 aliphatic heterocycles. The topological polar surface area (TPSA) is 26.3 Å². The maximum Gasteiger partial charge on any atom is 0.343 e. The van der Waals surface area contributed by atoms with Gasteiger partial charge < -0.3 is 21.7 Å². The molecule has 152 valence electrons. The molecule has 4 heteroatoms. The summed E-state index contributed by atoms with van der Waals surface area (Å²) in [6.07, 6.45) is 22.1. The van der Waals surface area contributed by atoms with Crippen molar-refractivity contribution in [3.05, 3.63) is 0 Å². The van der Waals surface area contributed by atoms with Crippen LogP contribution in [0.5, 0.6) is 0 Å². The second kappa shape index (κ2) is 11.4. The highest BCUT2D eigenvalue weighted by Crippen LogP contribution is 2.77. The van der Waals surface area contributed by atoms with Crippen molar-refractivity contribution in [2.45, 2.75) is 120 Å². The Labute approximate surface area is 172 Å². The van der Waals surface area contributed by atoms with Crippen LogP contribution in [0.4, 0.5) is 0 Å². The third-order valence-corrected chi connectivity index (χ3v) is 13.9. The summed E-state index contributed by atoms with van der Waals surface area (Å²) in [5.74, 6) is 0.151. The van der Waals surface area contributed by atoms with E-state index in [0.29, 0.717) is 6.61 Å². The van der Waals surface area contributed by atoms with Gasteiger partial charge in [-0.3, -0.25) is 0 Å². The van der Waals surface area contributed by atoms with Gasteiger partial charge in [0, 0.05) is 7.26 Å². The molecule has 0 aromatic rings. The van der Waals surface area contributed by atoms with Gasteiger partial charge in [-0.1, -0.05) is 19.3 Å². The Balaban J connectivity index is 0.00000243. The minimum absolute atomic E-state index is 0. The highest BCUT2D eigenvalue weighted by molar-refractivity contribution is 7.78. The number of carbonyl (C=O) groups excluding carboxylic acids is 1. The van der Waals surface area contributed by atoms with Crippen molar-refractivity contribution in [2.75, 3.05) is 12.8 Å². The molecule has 3 rings (SSSR count). The smallest absolute Gasteiger partial charge is 0.343 e. The third kappa shape index (κ3) is 5.25. The summed E-state index contributed by atoms with van der Waals surface area (Å²) >= 11 is 0. The molecule has 0 amide bonds. The molecule has 3 fully saturated rings. The Bertz CT molecular complexity index is 365. The SMILES string of the molecule is CCOC(=O)C[P+](C1CCCCC1)(C1CCCCC1)C1CCCCC1.[Br-]. The summed E-state index contributed by atoms with van der Waals surface area (Å²) in [7, 11) is -1.28. The average Bonchev–Trinajstić information content (AvgIpc) is 2.68. The van der Waals surface area contributed by atoms with Crippen molar-refractivity contribution in [3.63, 3.8) is 0 Å². The first-order valence-corrected chi connectivity index (χ1v) is 13.5. The van der Waals surface area contributed by atoms with Gasteiger partial charge in [0.15, 0.2) is 6.16 Å². The van der Waals surface area contributed by atoms with E-state index in [4.69, 9.17) is 4.74 Å². The van der Waals surface area contributed by atoms with Crippen LogP contribution in [-0.4, -0.2) is 35.7 Å². The van der Waals surface area contributed by atoms with E-state index in [1.54, 1.807) is 0 Å². The highest BCUT2D eigenvalue weighted by atomic mass is 79.9. The van der Waals surface area contributed by atoms with Gasteiger partial charge in [0.05, 0.1) is 23.6 Å². The normalized spacial score (nSPS) is 24.0. The highest BCUT2D eigenvalue weighted by Gasteiger charge is 2.58. The van der Waals surface area contributed by atoms with Gasteiger partial charge in [0.25, 0.3) is 0 Å². The van der Waals surface area contributed by atoms with E-state index in [2.05, 4.69) is 0 Å². The maximum atomic E-state index is 12.8. The zero-order valence-electron chi connectivity index (χ0n) is 16.9. The number of hydrogen-bond acceptors (Lipinski definition) is 2. The fourth-order valence-electron chi connectivity index (χ4n) is 6.40. The van der Waals surface area contributed by atoms with Gasteiger partial charge in [-0.25, -0.2) is 4.79 Å². The Kier molecular flexibility index (Phi) is 9.94. The first-order chi connectivity index (χ1) is 12.3. The lowest BCUT2D eigenvalue weighted by molar-refractivity contribution is -0.140. The molecule has 3 aliphatic carbocycles. The lowest BCUT2D eigenvalue weighted by Crippen LogP contribution is -3.00. The second-order valence-electron chi connectivity index (χ2n) is 8.83. The molecule has 0 bridgehead atoms. The van der Waals surface area contributed by atoms with E-state index in [0.717, 1.165) is 23.1 Å². The zero-order valence-corrected chi connectivity index (χ0v) is 19.4. The quantitative estimate of drug-likeness (QED) is 0.460. The second-order valence-corrected chi connectivity index (χ2v) is 13.3. The number of esters is 1. The molecule has 2 nitrogen and oxygen atoms in total. The van der Waals surface area contributed by atoms with Crippen LogP contribution < -0.4 is 17.0 Å². The maximum absolute atomic E-state index is 12.8.